The highest BCUT2D eigenvalue weighted by Crippen LogP contribution is 2.32. The number of benzene rings is 1. The Bertz CT molecular complexity index is 460. The van der Waals surface area contributed by atoms with Crippen LogP contribution in [0.5, 0.6) is 5.75 Å². The molecule has 0 spiro atoms. The molecule has 0 aromatic heterocycles. The summed E-state index contributed by atoms with van der Waals surface area (Å²) in [6, 6.07) is 3.99. The number of ether oxygens (including phenoxy) is 1. The summed E-state index contributed by atoms with van der Waals surface area (Å²) in [6.45, 7) is 2.79. The average molecular weight is 257 g/mol. The molecule has 3 nitrogen and oxygen atoms in total. The van der Waals surface area contributed by atoms with Crippen molar-refractivity contribution < 1.29 is 9.53 Å². The van der Waals surface area contributed by atoms with Gasteiger partial charge in [0.05, 0.1) is 20.1 Å². The van der Waals surface area contributed by atoms with Crippen molar-refractivity contribution in [2.75, 3.05) is 11.9 Å². The normalized spacial score (nSPS) is 16.2. The molecule has 0 bridgehead atoms. The fraction of sp³-hybridized carbons (Fsp3) is 0.533. The Labute approximate surface area is 116 Å². The predicted octanol–water partition coefficient (Wildman–Crippen LogP) is 2.81. The van der Waals surface area contributed by atoms with Gasteiger partial charge in [0.2, 0.25) is 5.91 Å². The van der Waals surface area contributed by atoms with Gasteiger partial charge in [-0.05, 0) is 37.3 Å². The summed E-state index contributed by atoms with van der Waals surface area (Å²) in [4.78, 5) is 11.9. The Morgan fingerprint density at radius 1 is 1.32 bits per heavy atom. The third kappa shape index (κ3) is 3.52. The molecule has 4 heteroatoms. The molecule has 2 rings (SSSR count). The molecule has 0 fully saturated rings. The van der Waals surface area contributed by atoms with Crippen molar-refractivity contribution in [1.82, 2.24) is 0 Å². The van der Waals surface area contributed by atoms with Crippen molar-refractivity contribution in [3.63, 3.8) is 0 Å². The molecule has 1 aromatic rings. The Morgan fingerprint density at radius 2 is 2.16 bits per heavy atom. The standard InChI is InChI=1S/C15H20BNO2/c1-2-12-8-11(10-16)9-13-15(12)19-7-5-3-4-6-14(18)17-13/h8-9H,2-7,10H2,1H3,(H,17,18). The van der Waals surface area contributed by atoms with Crippen LogP contribution < -0.4 is 10.1 Å². The molecule has 1 aromatic carbocycles. The van der Waals surface area contributed by atoms with E-state index in [-0.39, 0.29) is 5.91 Å². The van der Waals surface area contributed by atoms with Crippen LogP contribution >= 0.6 is 0 Å². The lowest BCUT2D eigenvalue weighted by atomic mass is 9.94. The van der Waals surface area contributed by atoms with E-state index in [1.807, 2.05) is 6.07 Å². The lowest BCUT2D eigenvalue weighted by Crippen LogP contribution is -2.15. The molecule has 19 heavy (non-hydrogen) atoms. The molecule has 0 saturated carbocycles. The third-order valence-electron chi connectivity index (χ3n) is 3.41. The molecule has 1 heterocycles. The second-order valence-electron chi connectivity index (χ2n) is 4.90. The van der Waals surface area contributed by atoms with Gasteiger partial charge < -0.3 is 10.1 Å². The van der Waals surface area contributed by atoms with Gasteiger partial charge in [0.1, 0.15) is 5.75 Å². The topological polar surface area (TPSA) is 38.3 Å². The molecule has 1 amide bonds. The van der Waals surface area contributed by atoms with Gasteiger partial charge in [-0.3, -0.25) is 4.79 Å². The first-order chi connectivity index (χ1) is 9.24. The average Bonchev–Trinajstić information content (AvgIpc) is 2.43. The Kier molecular flexibility index (Phi) is 4.89. The largest absolute Gasteiger partial charge is 0.491 e. The smallest absolute Gasteiger partial charge is 0.224 e. The maximum Gasteiger partial charge on any atom is 0.224 e. The van der Waals surface area contributed by atoms with Gasteiger partial charge in [-0.2, -0.15) is 0 Å². The van der Waals surface area contributed by atoms with Crippen molar-refractivity contribution in [2.45, 2.75) is 45.3 Å². The zero-order valence-corrected chi connectivity index (χ0v) is 11.5. The molecule has 0 aliphatic carbocycles. The number of nitrogens with one attached hydrogen (secondary N) is 1. The van der Waals surface area contributed by atoms with Crippen molar-refractivity contribution in [3.05, 3.63) is 23.3 Å². The molecule has 1 aliphatic rings. The number of hydrogen-bond donors (Lipinski definition) is 1. The van der Waals surface area contributed by atoms with Crippen LogP contribution in [0.3, 0.4) is 0 Å². The van der Waals surface area contributed by atoms with E-state index in [9.17, 15) is 4.79 Å². The van der Waals surface area contributed by atoms with E-state index in [0.29, 0.717) is 19.3 Å². The number of anilines is 1. The SMILES string of the molecule is [B]Cc1cc(CC)c2c(c1)NC(=O)CCCCCO2. The van der Waals surface area contributed by atoms with Crippen LogP contribution in [-0.4, -0.2) is 20.4 Å². The van der Waals surface area contributed by atoms with E-state index >= 15 is 0 Å². The number of fused-ring (bicyclic) bond motifs is 1. The van der Waals surface area contributed by atoms with Crippen LogP contribution in [0.2, 0.25) is 0 Å². The summed E-state index contributed by atoms with van der Waals surface area (Å²) < 4.78 is 5.88. The summed E-state index contributed by atoms with van der Waals surface area (Å²) in [5.41, 5.74) is 2.90. The van der Waals surface area contributed by atoms with Crippen LogP contribution in [0.4, 0.5) is 5.69 Å². The number of carbonyl (C=O) groups excluding carboxylic acids is 1. The first-order valence-electron chi connectivity index (χ1n) is 7.03. The van der Waals surface area contributed by atoms with E-state index < -0.39 is 0 Å². The quantitative estimate of drug-likeness (QED) is 0.827. The molecular formula is C15H20BNO2. The van der Waals surface area contributed by atoms with E-state index in [1.54, 1.807) is 0 Å². The monoisotopic (exact) mass is 257 g/mol. The van der Waals surface area contributed by atoms with Crippen LogP contribution in [0, 0.1) is 0 Å². The van der Waals surface area contributed by atoms with Crippen LogP contribution in [0.25, 0.3) is 0 Å². The number of hydrogen-bond acceptors (Lipinski definition) is 2. The predicted molar refractivity (Wildman–Crippen MR) is 77.9 cm³/mol. The highest BCUT2D eigenvalue weighted by molar-refractivity contribution is 6.08. The highest BCUT2D eigenvalue weighted by atomic mass is 16.5. The van der Waals surface area contributed by atoms with Gasteiger partial charge in [0.25, 0.3) is 0 Å². The second kappa shape index (κ2) is 6.64. The molecule has 0 saturated heterocycles. The summed E-state index contributed by atoms with van der Waals surface area (Å²) in [7, 11) is 5.71. The first kappa shape index (κ1) is 14.0. The van der Waals surface area contributed by atoms with Gasteiger partial charge >= 0.3 is 0 Å². The molecule has 1 aliphatic heterocycles. The molecule has 2 radical (unpaired) electrons. The first-order valence-corrected chi connectivity index (χ1v) is 7.03. The third-order valence-corrected chi connectivity index (χ3v) is 3.41. The zero-order chi connectivity index (χ0) is 13.7. The maximum atomic E-state index is 11.9. The minimum atomic E-state index is 0.0583. The molecular weight excluding hydrogens is 237 g/mol. The van der Waals surface area contributed by atoms with Gasteiger partial charge in [-0.25, -0.2) is 0 Å². The molecule has 1 N–H and O–H groups in total. The van der Waals surface area contributed by atoms with Crippen molar-refractivity contribution in [1.29, 1.82) is 0 Å². The van der Waals surface area contributed by atoms with Gasteiger partial charge in [-0.1, -0.05) is 24.9 Å². The van der Waals surface area contributed by atoms with E-state index in [2.05, 4.69) is 18.3 Å². The summed E-state index contributed by atoms with van der Waals surface area (Å²) >= 11 is 0. The second-order valence-corrected chi connectivity index (χ2v) is 4.90. The minimum absolute atomic E-state index is 0.0583. The van der Waals surface area contributed by atoms with Crippen molar-refractivity contribution in [2.24, 2.45) is 0 Å². The molecule has 0 unspecified atom stereocenters. The van der Waals surface area contributed by atoms with Crippen LogP contribution in [0.15, 0.2) is 12.1 Å². The summed E-state index contributed by atoms with van der Waals surface area (Å²) in [5, 5.41) is 2.96. The number of amides is 1. The number of carbonyl (C=O) groups is 1. The Morgan fingerprint density at radius 3 is 2.89 bits per heavy atom. The summed E-state index contributed by atoms with van der Waals surface area (Å²) in [6.07, 6.45) is 4.86. The lowest BCUT2D eigenvalue weighted by Gasteiger charge is -2.19. The van der Waals surface area contributed by atoms with Gasteiger partial charge in [0.15, 0.2) is 0 Å². The van der Waals surface area contributed by atoms with Crippen LogP contribution in [0.1, 0.15) is 43.7 Å². The van der Waals surface area contributed by atoms with Crippen LogP contribution in [-0.2, 0) is 17.5 Å². The maximum absolute atomic E-state index is 11.9. The highest BCUT2D eigenvalue weighted by Gasteiger charge is 2.14. The van der Waals surface area contributed by atoms with Gasteiger partial charge in [-0.15, -0.1) is 0 Å². The van der Waals surface area contributed by atoms with E-state index in [1.165, 1.54) is 0 Å². The number of rotatable bonds is 2. The van der Waals surface area contributed by atoms with E-state index in [0.717, 1.165) is 48.2 Å². The van der Waals surface area contributed by atoms with Gasteiger partial charge in [0, 0.05) is 6.42 Å². The lowest BCUT2D eigenvalue weighted by molar-refractivity contribution is -0.116. The molecule has 0 atom stereocenters. The number of aryl methyl sites for hydroxylation is 1. The summed E-state index contributed by atoms with van der Waals surface area (Å²) in [5.74, 6) is 0.873. The van der Waals surface area contributed by atoms with E-state index in [4.69, 9.17) is 12.6 Å². The fourth-order valence-electron chi connectivity index (χ4n) is 2.35. The fourth-order valence-corrected chi connectivity index (χ4v) is 2.35. The minimum Gasteiger partial charge on any atom is -0.491 e. The Hall–Kier alpha value is -1.45. The van der Waals surface area contributed by atoms with Crippen molar-refractivity contribution in [3.8, 4) is 5.75 Å². The molecule has 100 valence electrons. The Balaban J connectivity index is 2.39. The van der Waals surface area contributed by atoms with Crippen molar-refractivity contribution >= 4 is 19.4 Å². The zero-order valence-electron chi connectivity index (χ0n) is 11.5.